The lowest BCUT2D eigenvalue weighted by Crippen LogP contribution is -1.97. The minimum absolute atomic E-state index is 0.878. The Bertz CT molecular complexity index is 76.8. The largest absolute Gasteiger partial charge is 0.330 e. The minimum Gasteiger partial charge on any atom is -0.330 e. The second-order valence-corrected chi connectivity index (χ2v) is 3.43. The number of nitrogens with two attached hydrogens (primary N) is 1. The summed E-state index contributed by atoms with van der Waals surface area (Å²) >= 11 is 0. The summed E-state index contributed by atoms with van der Waals surface area (Å²) in [6, 6.07) is 0. The maximum atomic E-state index is 5.38. The van der Waals surface area contributed by atoms with Crippen LogP contribution in [0.5, 0.6) is 0 Å². The average molecular weight is 141 g/mol. The molecule has 1 aliphatic carbocycles. The number of rotatable bonds is 6. The van der Waals surface area contributed by atoms with Gasteiger partial charge in [-0.25, -0.2) is 0 Å². The van der Waals surface area contributed by atoms with E-state index in [2.05, 4.69) is 0 Å². The molecule has 0 aliphatic heterocycles. The van der Waals surface area contributed by atoms with E-state index in [9.17, 15) is 0 Å². The fourth-order valence-corrected chi connectivity index (χ4v) is 1.34. The van der Waals surface area contributed by atoms with Crippen LogP contribution in [0.25, 0.3) is 0 Å². The Labute approximate surface area is 64.0 Å². The van der Waals surface area contributed by atoms with E-state index in [1.54, 1.807) is 0 Å². The lowest BCUT2D eigenvalue weighted by molar-refractivity contribution is 0.588. The van der Waals surface area contributed by atoms with Crippen LogP contribution in [0.2, 0.25) is 0 Å². The highest BCUT2D eigenvalue weighted by Gasteiger charge is 2.19. The second-order valence-electron chi connectivity index (χ2n) is 3.43. The van der Waals surface area contributed by atoms with Crippen molar-refractivity contribution in [3.8, 4) is 0 Å². The van der Waals surface area contributed by atoms with Crippen molar-refractivity contribution in [1.29, 1.82) is 0 Å². The van der Waals surface area contributed by atoms with Crippen molar-refractivity contribution in [2.45, 2.75) is 44.9 Å². The second kappa shape index (κ2) is 4.73. The van der Waals surface area contributed by atoms with E-state index in [1.165, 1.54) is 44.9 Å². The SMILES string of the molecule is NCCCCCCC1CC1. The van der Waals surface area contributed by atoms with Gasteiger partial charge in [-0.2, -0.15) is 0 Å². The van der Waals surface area contributed by atoms with Crippen molar-refractivity contribution in [2.75, 3.05) is 6.54 Å². The summed E-state index contributed by atoms with van der Waals surface area (Å²) < 4.78 is 0. The Morgan fingerprint density at radius 3 is 2.30 bits per heavy atom. The summed E-state index contributed by atoms with van der Waals surface area (Å²) in [5.74, 6) is 1.12. The third-order valence-corrected chi connectivity index (χ3v) is 2.26. The molecule has 2 N–H and O–H groups in total. The van der Waals surface area contributed by atoms with Gasteiger partial charge in [-0.3, -0.25) is 0 Å². The van der Waals surface area contributed by atoms with Crippen LogP contribution in [0.3, 0.4) is 0 Å². The average Bonchev–Trinajstić information content (AvgIpc) is 2.71. The van der Waals surface area contributed by atoms with Gasteiger partial charge in [-0.1, -0.05) is 38.5 Å². The first-order chi connectivity index (χ1) is 4.93. The highest BCUT2D eigenvalue weighted by molar-refractivity contribution is 4.72. The van der Waals surface area contributed by atoms with Gasteiger partial charge in [0.05, 0.1) is 0 Å². The number of hydrogen-bond acceptors (Lipinski definition) is 1. The fourth-order valence-electron chi connectivity index (χ4n) is 1.34. The molecule has 0 amide bonds. The van der Waals surface area contributed by atoms with Crippen LogP contribution < -0.4 is 5.73 Å². The lowest BCUT2D eigenvalue weighted by atomic mass is 10.1. The Morgan fingerprint density at radius 1 is 1.00 bits per heavy atom. The third-order valence-electron chi connectivity index (χ3n) is 2.26. The van der Waals surface area contributed by atoms with Crippen LogP contribution in [-0.2, 0) is 0 Å². The molecule has 0 aromatic heterocycles. The zero-order chi connectivity index (χ0) is 7.23. The smallest absolute Gasteiger partial charge is 0.00773 e. The third kappa shape index (κ3) is 3.89. The first-order valence-corrected chi connectivity index (χ1v) is 4.63. The minimum atomic E-state index is 0.878. The van der Waals surface area contributed by atoms with E-state index in [4.69, 9.17) is 5.73 Å². The molecule has 1 nitrogen and oxygen atoms in total. The van der Waals surface area contributed by atoms with Gasteiger partial charge >= 0.3 is 0 Å². The van der Waals surface area contributed by atoms with Crippen LogP contribution in [0.4, 0.5) is 0 Å². The maximum Gasteiger partial charge on any atom is -0.00773 e. The van der Waals surface area contributed by atoms with Crippen LogP contribution >= 0.6 is 0 Å². The molecule has 10 heavy (non-hydrogen) atoms. The molecule has 1 heteroatoms. The van der Waals surface area contributed by atoms with Crippen LogP contribution in [0.1, 0.15) is 44.9 Å². The molecule has 0 bridgehead atoms. The Hall–Kier alpha value is -0.0400. The molecule has 0 aromatic rings. The van der Waals surface area contributed by atoms with E-state index >= 15 is 0 Å². The summed E-state index contributed by atoms with van der Waals surface area (Å²) in [6.45, 7) is 0.878. The molecule has 0 spiro atoms. The van der Waals surface area contributed by atoms with Crippen LogP contribution in [0, 0.1) is 5.92 Å². The number of unbranched alkanes of at least 4 members (excludes halogenated alkanes) is 3. The van der Waals surface area contributed by atoms with Gasteiger partial charge in [0, 0.05) is 0 Å². The molecule has 0 atom stereocenters. The van der Waals surface area contributed by atoms with E-state index in [0.29, 0.717) is 0 Å². The molecule has 1 aliphatic rings. The van der Waals surface area contributed by atoms with Gasteiger partial charge in [0.25, 0.3) is 0 Å². The summed E-state index contributed by atoms with van der Waals surface area (Å²) in [5.41, 5.74) is 5.38. The molecular weight excluding hydrogens is 122 g/mol. The summed E-state index contributed by atoms with van der Waals surface area (Å²) in [5, 5.41) is 0. The molecule has 60 valence electrons. The topological polar surface area (TPSA) is 26.0 Å². The van der Waals surface area contributed by atoms with Gasteiger partial charge < -0.3 is 5.73 Å². The summed E-state index contributed by atoms with van der Waals surface area (Å²) in [7, 11) is 0. The zero-order valence-electron chi connectivity index (χ0n) is 6.81. The summed E-state index contributed by atoms with van der Waals surface area (Å²) in [6.07, 6.45) is 9.95. The highest BCUT2D eigenvalue weighted by Crippen LogP contribution is 2.33. The first kappa shape index (κ1) is 8.06. The Morgan fingerprint density at radius 2 is 1.70 bits per heavy atom. The van der Waals surface area contributed by atoms with E-state index < -0.39 is 0 Å². The highest BCUT2D eigenvalue weighted by atomic mass is 14.5. The normalized spacial score (nSPS) is 17.7. The van der Waals surface area contributed by atoms with Gasteiger partial charge in [0.1, 0.15) is 0 Å². The fraction of sp³-hybridized carbons (Fsp3) is 1.00. The molecule has 0 saturated heterocycles. The van der Waals surface area contributed by atoms with Gasteiger partial charge in [0.15, 0.2) is 0 Å². The quantitative estimate of drug-likeness (QED) is 0.564. The Balaban J connectivity index is 1.68. The maximum absolute atomic E-state index is 5.38. The lowest BCUT2D eigenvalue weighted by Gasteiger charge is -1.97. The number of hydrogen-bond donors (Lipinski definition) is 1. The molecule has 1 fully saturated rings. The molecule has 0 radical (unpaired) electrons. The molecule has 0 aromatic carbocycles. The molecule has 0 heterocycles. The van der Waals surface area contributed by atoms with Crippen molar-refractivity contribution in [3.63, 3.8) is 0 Å². The predicted octanol–water partition coefficient (Wildman–Crippen LogP) is 2.31. The van der Waals surface area contributed by atoms with E-state index in [1.807, 2.05) is 0 Å². The monoisotopic (exact) mass is 141 g/mol. The Kier molecular flexibility index (Phi) is 3.81. The predicted molar refractivity (Wildman–Crippen MR) is 44.9 cm³/mol. The zero-order valence-corrected chi connectivity index (χ0v) is 6.81. The van der Waals surface area contributed by atoms with Crippen molar-refractivity contribution < 1.29 is 0 Å². The first-order valence-electron chi connectivity index (χ1n) is 4.63. The van der Waals surface area contributed by atoms with Crippen molar-refractivity contribution in [1.82, 2.24) is 0 Å². The van der Waals surface area contributed by atoms with Crippen LogP contribution in [0.15, 0.2) is 0 Å². The van der Waals surface area contributed by atoms with Crippen molar-refractivity contribution in [2.24, 2.45) is 11.7 Å². The molecular formula is C9H19N. The standard InChI is InChI=1S/C9H19N/c10-8-4-2-1-3-5-9-6-7-9/h9H,1-8,10H2. The molecule has 1 saturated carbocycles. The van der Waals surface area contributed by atoms with Crippen LogP contribution in [-0.4, -0.2) is 6.54 Å². The van der Waals surface area contributed by atoms with E-state index in [-0.39, 0.29) is 0 Å². The molecule has 1 rings (SSSR count). The van der Waals surface area contributed by atoms with E-state index in [0.717, 1.165) is 12.5 Å². The van der Waals surface area contributed by atoms with Gasteiger partial charge in [-0.05, 0) is 18.9 Å². The summed E-state index contributed by atoms with van der Waals surface area (Å²) in [4.78, 5) is 0. The molecule has 0 unspecified atom stereocenters. The van der Waals surface area contributed by atoms with Crippen molar-refractivity contribution in [3.05, 3.63) is 0 Å². The van der Waals surface area contributed by atoms with Gasteiger partial charge in [0.2, 0.25) is 0 Å². The van der Waals surface area contributed by atoms with Gasteiger partial charge in [-0.15, -0.1) is 0 Å². The van der Waals surface area contributed by atoms with Crippen molar-refractivity contribution >= 4 is 0 Å².